The van der Waals surface area contributed by atoms with E-state index >= 15 is 0 Å². The van der Waals surface area contributed by atoms with Crippen LogP contribution < -0.4 is 14.8 Å². The van der Waals surface area contributed by atoms with Gasteiger partial charge < -0.3 is 19.5 Å². The van der Waals surface area contributed by atoms with Crippen LogP contribution in [0.5, 0.6) is 11.5 Å². The highest BCUT2D eigenvalue weighted by Crippen LogP contribution is 2.28. The van der Waals surface area contributed by atoms with Gasteiger partial charge in [-0.2, -0.15) is 0 Å². The number of nitrogens with zero attached hydrogens (tertiary/aromatic N) is 1. The molecule has 1 fully saturated rings. The van der Waals surface area contributed by atoms with E-state index in [0.29, 0.717) is 0 Å². The zero-order chi connectivity index (χ0) is 18.4. The summed E-state index contributed by atoms with van der Waals surface area (Å²) in [6.07, 6.45) is 1.52. The molecule has 0 saturated carbocycles. The summed E-state index contributed by atoms with van der Waals surface area (Å²) in [5.41, 5.74) is 0.731. The molecule has 0 aliphatic carbocycles. The Balaban J connectivity index is 1.81. The van der Waals surface area contributed by atoms with Crippen molar-refractivity contribution in [2.45, 2.75) is 51.8 Å². The van der Waals surface area contributed by atoms with Gasteiger partial charge in [-0.15, -0.1) is 0 Å². The lowest BCUT2D eigenvalue weighted by Crippen LogP contribution is -2.45. The summed E-state index contributed by atoms with van der Waals surface area (Å²) >= 11 is 0. The molecule has 1 aliphatic heterocycles. The molecule has 1 N–H and O–H groups in total. The Hall–Kier alpha value is -1.95. The van der Waals surface area contributed by atoms with E-state index < -0.39 is 5.60 Å². The van der Waals surface area contributed by atoms with Crippen molar-refractivity contribution in [3.8, 4) is 11.5 Å². The van der Waals surface area contributed by atoms with Crippen LogP contribution in [0.25, 0.3) is 0 Å². The molecule has 1 aromatic carbocycles. The predicted molar refractivity (Wildman–Crippen MR) is 97.2 cm³/mol. The second-order valence-corrected chi connectivity index (χ2v) is 7.39. The molecule has 0 aromatic heterocycles. The average molecular weight is 350 g/mol. The van der Waals surface area contributed by atoms with Crippen LogP contribution in [-0.4, -0.2) is 49.9 Å². The van der Waals surface area contributed by atoms with Crippen LogP contribution in [0.1, 0.15) is 39.2 Å². The number of rotatable bonds is 5. The van der Waals surface area contributed by atoms with Gasteiger partial charge in [-0.05, 0) is 51.3 Å². The Kier molecular flexibility index (Phi) is 6.53. The summed E-state index contributed by atoms with van der Waals surface area (Å²) in [7, 11) is 3.29. The molecule has 1 aliphatic rings. The standard InChI is InChI=1S/C19H30N2O4/c1-19(2,3)25-18(22)20-15-8-10-21(11-9-15)13-14-6-7-16(23-4)17(12-14)24-5/h6-7,12,15H,8-11,13H2,1-5H3,(H,20,22). The molecular formula is C19H30N2O4. The van der Waals surface area contributed by atoms with E-state index in [2.05, 4.69) is 16.3 Å². The third kappa shape index (κ3) is 6.12. The van der Waals surface area contributed by atoms with Gasteiger partial charge in [0, 0.05) is 25.7 Å². The summed E-state index contributed by atoms with van der Waals surface area (Å²) < 4.78 is 16.0. The van der Waals surface area contributed by atoms with Crippen molar-refractivity contribution in [2.24, 2.45) is 0 Å². The second kappa shape index (κ2) is 8.43. The van der Waals surface area contributed by atoms with Gasteiger partial charge in [0.05, 0.1) is 14.2 Å². The second-order valence-electron chi connectivity index (χ2n) is 7.39. The first-order valence-electron chi connectivity index (χ1n) is 8.73. The monoisotopic (exact) mass is 350 g/mol. The lowest BCUT2D eigenvalue weighted by Gasteiger charge is -2.33. The number of amides is 1. The Bertz CT molecular complexity index is 575. The predicted octanol–water partition coefficient (Wildman–Crippen LogP) is 3.19. The van der Waals surface area contributed by atoms with Crippen LogP contribution in [0.2, 0.25) is 0 Å². The minimum absolute atomic E-state index is 0.177. The minimum atomic E-state index is -0.460. The van der Waals surface area contributed by atoms with Gasteiger partial charge in [0.2, 0.25) is 0 Å². The van der Waals surface area contributed by atoms with Crippen LogP contribution in [0, 0.1) is 0 Å². The van der Waals surface area contributed by atoms with Crippen LogP contribution in [0.15, 0.2) is 18.2 Å². The van der Waals surface area contributed by atoms with Gasteiger partial charge in [-0.1, -0.05) is 6.07 Å². The van der Waals surface area contributed by atoms with Gasteiger partial charge in [-0.3, -0.25) is 4.90 Å². The number of benzene rings is 1. The molecule has 140 valence electrons. The van der Waals surface area contributed by atoms with E-state index in [4.69, 9.17) is 14.2 Å². The van der Waals surface area contributed by atoms with Gasteiger partial charge >= 0.3 is 6.09 Å². The van der Waals surface area contributed by atoms with E-state index in [1.807, 2.05) is 32.9 Å². The molecule has 0 radical (unpaired) electrons. The highest BCUT2D eigenvalue weighted by Gasteiger charge is 2.23. The lowest BCUT2D eigenvalue weighted by molar-refractivity contribution is 0.0477. The van der Waals surface area contributed by atoms with Crippen molar-refractivity contribution in [1.82, 2.24) is 10.2 Å². The van der Waals surface area contributed by atoms with Crippen molar-refractivity contribution in [2.75, 3.05) is 27.3 Å². The molecule has 0 spiro atoms. The first-order valence-corrected chi connectivity index (χ1v) is 8.73. The maximum Gasteiger partial charge on any atom is 0.407 e. The molecule has 1 aromatic rings. The van der Waals surface area contributed by atoms with Crippen molar-refractivity contribution < 1.29 is 19.0 Å². The Morgan fingerprint density at radius 1 is 1.16 bits per heavy atom. The molecule has 0 unspecified atom stereocenters. The number of alkyl carbamates (subject to hydrolysis) is 1. The number of ether oxygens (including phenoxy) is 3. The molecule has 25 heavy (non-hydrogen) atoms. The van der Waals surface area contributed by atoms with E-state index in [1.54, 1.807) is 14.2 Å². The smallest absolute Gasteiger partial charge is 0.407 e. The fraction of sp³-hybridized carbons (Fsp3) is 0.632. The summed E-state index contributed by atoms with van der Waals surface area (Å²) in [5, 5.41) is 2.97. The quantitative estimate of drug-likeness (QED) is 0.884. The number of hydrogen-bond donors (Lipinski definition) is 1. The number of methoxy groups -OCH3 is 2. The van der Waals surface area contributed by atoms with Crippen molar-refractivity contribution in [1.29, 1.82) is 0 Å². The largest absolute Gasteiger partial charge is 0.493 e. The van der Waals surface area contributed by atoms with Crippen LogP contribution >= 0.6 is 0 Å². The molecule has 0 atom stereocenters. The molecular weight excluding hydrogens is 320 g/mol. The lowest BCUT2D eigenvalue weighted by atomic mass is 10.0. The number of nitrogens with one attached hydrogen (secondary N) is 1. The van der Waals surface area contributed by atoms with Crippen molar-refractivity contribution in [3.63, 3.8) is 0 Å². The normalized spacial score (nSPS) is 16.4. The maximum atomic E-state index is 11.9. The highest BCUT2D eigenvalue weighted by atomic mass is 16.6. The number of hydrogen-bond acceptors (Lipinski definition) is 5. The molecule has 0 bridgehead atoms. The molecule has 1 heterocycles. The topological polar surface area (TPSA) is 60.0 Å². The first kappa shape index (κ1) is 19.4. The van der Waals surface area contributed by atoms with Crippen LogP contribution in [-0.2, 0) is 11.3 Å². The van der Waals surface area contributed by atoms with E-state index in [9.17, 15) is 4.79 Å². The fourth-order valence-electron chi connectivity index (χ4n) is 2.95. The summed E-state index contributed by atoms with van der Waals surface area (Å²) in [5.74, 6) is 1.49. The first-order chi connectivity index (χ1) is 11.8. The van der Waals surface area contributed by atoms with Crippen LogP contribution in [0.3, 0.4) is 0 Å². The molecule has 6 heteroatoms. The number of carbonyl (C=O) groups excluding carboxylic acids is 1. The summed E-state index contributed by atoms with van der Waals surface area (Å²) in [6.45, 7) is 8.36. The number of carbonyl (C=O) groups is 1. The van der Waals surface area contributed by atoms with Crippen molar-refractivity contribution in [3.05, 3.63) is 23.8 Å². The van der Waals surface area contributed by atoms with Gasteiger partial charge in [-0.25, -0.2) is 4.79 Å². The van der Waals surface area contributed by atoms with E-state index in [-0.39, 0.29) is 12.1 Å². The number of piperidine rings is 1. The summed E-state index contributed by atoms with van der Waals surface area (Å²) in [6, 6.07) is 6.19. The third-order valence-corrected chi connectivity index (χ3v) is 4.16. The zero-order valence-corrected chi connectivity index (χ0v) is 15.9. The van der Waals surface area contributed by atoms with E-state index in [0.717, 1.165) is 44.0 Å². The Morgan fingerprint density at radius 2 is 1.80 bits per heavy atom. The fourth-order valence-corrected chi connectivity index (χ4v) is 2.95. The minimum Gasteiger partial charge on any atom is -0.493 e. The third-order valence-electron chi connectivity index (χ3n) is 4.16. The van der Waals surface area contributed by atoms with Gasteiger partial charge in [0.15, 0.2) is 11.5 Å². The average Bonchev–Trinajstić information content (AvgIpc) is 2.54. The molecule has 1 saturated heterocycles. The van der Waals surface area contributed by atoms with Crippen LogP contribution in [0.4, 0.5) is 4.79 Å². The SMILES string of the molecule is COc1ccc(CN2CCC(NC(=O)OC(C)(C)C)CC2)cc1OC. The Labute approximate surface area is 150 Å². The Morgan fingerprint density at radius 3 is 2.36 bits per heavy atom. The molecule has 2 rings (SSSR count). The van der Waals surface area contributed by atoms with E-state index in [1.165, 1.54) is 5.56 Å². The van der Waals surface area contributed by atoms with Gasteiger partial charge in [0.1, 0.15) is 5.60 Å². The number of likely N-dealkylation sites (tertiary alicyclic amines) is 1. The van der Waals surface area contributed by atoms with Crippen molar-refractivity contribution >= 4 is 6.09 Å². The zero-order valence-electron chi connectivity index (χ0n) is 15.9. The molecule has 1 amide bonds. The molecule has 6 nitrogen and oxygen atoms in total. The highest BCUT2D eigenvalue weighted by molar-refractivity contribution is 5.68. The van der Waals surface area contributed by atoms with Gasteiger partial charge in [0.25, 0.3) is 0 Å². The maximum absolute atomic E-state index is 11.9. The summed E-state index contributed by atoms with van der Waals surface area (Å²) in [4.78, 5) is 14.2.